The summed E-state index contributed by atoms with van der Waals surface area (Å²) >= 11 is 5.16. The van der Waals surface area contributed by atoms with E-state index < -0.39 is 0 Å². The summed E-state index contributed by atoms with van der Waals surface area (Å²) < 4.78 is 2.24. The van der Waals surface area contributed by atoms with Gasteiger partial charge in [0.25, 0.3) is 0 Å². The molecule has 0 aliphatic carbocycles. The third-order valence-electron chi connectivity index (χ3n) is 4.35. The van der Waals surface area contributed by atoms with Gasteiger partial charge in [0.05, 0.1) is 5.69 Å². The van der Waals surface area contributed by atoms with Crippen molar-refractivity contribution in [3.63, 3.8) is 0 Å². The van der Waals surface area contributed by atoms with E-state index in [0.29, 0.717) is 0 Å². The zero-order chi connectivity index (χ0) is 19.5. The molecule has 0 aliphatic heterocycles. The van der Waals surface area contributed by atoms with Gasteiger partial charge < -0.3 is 4.57 Å². The van der Waals surface area contributed by atoms with Gasteiger partial charge in [0.1, 0.15) is 5.01 Å². The molecule has 4 aromatic rings. The van der Waals surface area contributed by atoms with Gasteiger partial charge in [-0.1, -0.05) is 48.5 Å². The van der Waals surface area contributed by atoms with Crippen molar-refractivity contribution in [2.45, 2.75) is 44.6 Å². The van der Waals surface area contributed by atoms with Gasteiger partial charge in [-0.3, -0.25) is 0 Å². The Labute approximate surface area is 177 Å². The number of aryl methyl sites for hydroxylation is 2. The maximum absolute atomic E-state index is 4.81. The summed E-state index contributed by atoms with van der Waals surface area (Å²) in [6.45, 7) is 7.33. The maximum atomic E-state index is 4.81. The van der Waals surface area contributed by atoms with E-state index in [1.54, 1.807) is 34.4 Å². The summed E-state index contributed by atoms with van der Waals surface area (Å²) in [5.41, 5.74) is 4.69. The van der Waals surface area contributed by atoms with E-state index in [-0.39, 0.29) is 0 Å². The van der Waals surface area contributed by atoms with Crippen molar-refractivity contribution in [2.75, 3.05) is 0 Å². The van der Waals surface area contributed by atoms with Crippen LogP contribution < -0.4 is 0 Å². The Bertz CT molecular complexity index is 1060. The summed E-state index contributed by atoms with van der Waals surface area (Å²) in [4.78, 5) is 6.10. The van der Waals surface area contributed by atoms with E-state index in [4.69, 9.17) is 4.98 Å². The lowest BCUT2D eigenvalue weighted by Crippen LogP contribution is -2.01. The van der Waals surface area contributed by atoms with Crippen molar-refractivity contribution in [2.24, 2.45) is 0 Å². The van der Waals surface area contributed by atoms with Crippen LogP contribution in [-0.4, -0.2) is 19.7 Å². The number of benzene rings is 1. The van der Waals surface area contributed by atoms with Crippen LogP contribution in [-0.2, 0) is 12.3 Å². The first kappa shape index (κ1) is 19.4. The lowest BCUT2D eigenvalue weighted by atomic mass is 10.2. The number of thiazole rings is 1. The fourth-order valence-electron chi connectivity index (χ4n) is 2.94. The Kier molecular flexibility index (Phi) is 5.94. The molecule has 4 rings (SSSR count). The molecule has 7 heteroatoms. The zero-order valence-electron chi connectivity index (χ0n) is 16.2. The van der Waals surface area contributed by atoms with Gasteiger partial charge in [-0.05, 0) is 26.3 Å². The summed E-state index contributed by atoms with van der Waals surface area (Å²) in [6.07, 6.45) is 1.05. The molecule has 0 radical (unpaired) electrons. The number of nitrogens with zero attached hydrogens (tertiary/aromatic N) is 4. The molecule has 4 nitrogen and oxygen atoms in total. The monoisotopic (exact) mass is 426 g/mol. The first-order valence-corrected chi connectivity index (χ1v) is 12.0. The molecule has 0 saturated carbocycles. The van der Waals surface area contributed by atoms with E-state index in [1.165, 1.54) is 16.0 Å². The van der Waals surface area contributed by atoms with Gasteiger partial charge in [-0.2, -0.15) is 0 Å². The number of hydrogen-bond donors (Lipinski definition) is 0. The van der Waals surface area contributed by atoms with Crippen LogP contribution in [0.3, 0.4) is 0 Å². The quantitative estimate of drug-likeness (QED) is 0.319. The SMILES string of the molecule is CCCn1c(SCc2csc(-c3ccc(C)cc3)n2)nnc1-c1csc(C)c1. The lowest BCUT2D eigenvalue weighted by Gasteiger charge is -2.07. The molecule has 3 aromatic heterocycles. The maximum Gasteiger partial charge on any atom is 0.191 e. The molecule has 0 N–H and O–H groups in total. The normalized spacial score (nSPS) is 11.2. The Morgan fingerprint density at radius 1 is 1.00 bits per heavy atom. The average molecular weight is 427 g/mol. The minimum atomic E-state index is 0.798. The summed E-state index contributed by atoms with van der Waals surface area (Å²) in [6, 6.07) is 10.7. The van der Waals surface area contributed by atoms with Crippen molar-refractivity contribution < 1.29 is 0 Å². The molecule has 28 heavy (non-hydrogen) atoms. The standard InChI is InChI=1S/C21H22N4S3/c1-4-9-25-19(17-10-15(3)26-11-17)23-24-21(25)28-13-18-12-27-20(22-18)16-7-5-14(2)6-8-16/h5-8,10-12H,4,9,13H2,1-3H3. The molecule has 0 amide bonds. The third-order valence-corrected chi connectivity index (χ3v) is 7.15. The van der Waals surface area contributed by atoms with Crippen molar-refractivity contribution >= 4 is 34.4 Å². The number of thiophene rings is 1. The van der Waals surface area contributed by atoms with Gasteiger partial charge in [0, 0.05) is 39.1 Å². The highest BCUT2D eigenvalue weighted by molar-refractivity contribution is 7.98. The van der Waals surface area contributed by atoms with Crippen LogP contribution in [0.5, 0.6) is 0 Å². The molecule has 0 aliphatic rings. The van der Waals surface area contributed by atoms with Crippen molar-refractivity contribution in [3.05, 3.63) is 57.2 Å². The molecule has 0 bridgehead atoms. The molecular weight excluding hydrogens is 404 g/mol. The summed E-state index contributed by atoms with van der Waals surface area (Å²) in [5, 5.41) is 15.3. The number of aromatic nitrogens is 4. The number of thioether (sulfide) groups is 1. The molecule has 0 unspecified atom stereocenters. The van der Waals surface area contributed by atoms with Crippen LogP contribution in [0.2, 0.25) is 0 Å². The molecular formula is C21H22N4S3. The summed E-state index contributed by atoms with van der Waals surface area (Å²) in [7, 11) is 0. The second-order valence-electron chi connectivity index (χ2n) is 6.70. The van der Waals surface area contributed by atoms with Crippen molar-refractivity contribution in [1.82, 2.24) is 19.7 Å². The predicted octanol–water partition coefficient (Wildman–Crippen LogP) is 6.45. The minimum Gasteiger partial charge on any atom is -0.302 e. The average Bonchev–Trinajstić information content (AvgIpc) is 3.41. The highest BCUT2D eigenvalue weighted by atomic mass is 32.2. The van der Waals surface area contributed by atoms with Crippen LogP contribution in [0, 0.1) is 13.8 Å². The Hall–Kier alpha value is -1.96. The highest BCUT2D eigenvalue weighted by Crippen LogP contribution is 2.31. The van der Waals surface area contributed by atoms with Crippen LogP contribution in [0.1, 0.15) is 29.5 Å². The minimum absolute atomic E-state index is 0.798. The first-order valence-electron chi connectivity index (χ1n) is 9.27. The smallest absolute Gasteiger partial charge is 0.191 e. The number of hydrogen-bond acceptors (Lipinski definition) is 6. The lowest BCUT2D eigenvalue weighted by molar-refractivity contribution is 0.626. The topological polar surface area (TPSA) is 43.6 Å². The number of rotatable bonds is 7. The first-order chi connectivity index (χ1) is 13.6. The van der Waals surface area contributed by atoms with Crippen LogP contribution in [0.15, 0.2) is 46.2 Å². The second-order valence-corrected chi connectivity index (χ2v) is 9.62. The van der Waals surface area contributed by atoms with Gasteiger partial charge in [0.2, 0.25) is 0 Å². The predicted molar refractivity (Wildman–Crippen MR) is 120 cm³/mol. The third kappa shape index (κ3) is 4.21. The molecule has 0 fully saturated rings. The van der Waals surface area contributed by atoms with Crippen LogP contribution in [0.25, 0.3) is 22.0 Å². The fraction of sp³-hybridized carbons (Fsp3) is 0.286. The Morgan fingerprint density at radius 3 is 2.54 bits per heavy atom. The molecule has 144 valence electrons. The molecule has 3 heterocycles. The zero-order valence-corrected chi connectivity index (χ0v) is 18.6. The van der Waals surface area contributed by atoms with E-state index in [1.807, 2.05) is 0 Å². The Morgan fingerprint density at radius 2 is 1.82 bits per heavy atom. The molecule has 0 saturated heterocycles. The molecule has 0 spiro atoms. The largest absolute Gasteiger partial charge is 0.302 e. The van der Waals surface area contributed by atoms with Crippen LogP contribution >= 0.6 is 34.4 Å². The van der Waals surface area contributed by atoms with Crippen LogP contribution in [0.4, 0.5) is 0 Å². The van der Waals surface area contributed by atoms with Crippen molar-refractivity contribution in [3.8, 4) is 22.0 Å². The van der Waals surface area contributed by atoms with Gasteiger partial charge in [-0.15, -0.1) is 32.9 Å². The second kappa shape index (κ2) is 8.59. The van der Waals surface area contributed by atoms with Gasteiger partial charge in [0.15, 0.2) is 11.0 Å². The fourth-order valence-corrected chi connectivity index (χ4v) is 5.41. The highest BCUT2D eigenvalue weighted by Gasteiger charge is 2.15. The van der Waals surface area contributed by atoms with E-state index in [2.05, 4.69) is 76.6 Å². The van der Waals surface area contributed by atoms with E-state index >= 15 is 0 Å². The Balaban J connectivity index is 1.51. The van der Waals surface area contributed by atoms with E-state index in [9.17, 15) is 0 Å². The van der Waals surface area contributed by atoms with Gasteiger partial charge in [-0.25, -0.2) is 4.98 Å². The molecule has 1 aromatic carbocycles. The van der Waals surface area contributed by atoms with Crippen molar-refractivity contribution in [1.29, 1.82) is 0 Å². The summed E-state index contributed by atoms with van der Waals surface area (Å²) in [5.74, 6) is 1.76. The van der Waals surface area contributed by atoms with E-state index in [0.717, 1.165) is 46.0 Å². The van der Waals surface area contributed by atoms with Gasteiger partial charge >= 0.3 is 0 Å². The molecule has 0 atom stereocenters.